The van der Waals surface area contributed by atoms with Crippen molar-refractivity contribution in [2.24, 2.45) is 0 Å². The number of rotatable bonds is 3. The van der Waals surface area contributed by atoms with Crippen molar-refractivity contribution in [3.63, 3.8) is 0 Å². The first kappa shape index (κ1) is 14.8. The van der Waals surface area contributed by atoms with Crippen molar-refractivity contribution in [1.29, 1.82) is 0 Å². The van der Waals surface area contributed by atoms with E-state index in [1.807, 2.05) is 0 Å². The Balaban J connectivity index is 5.21. The molecule has 0 aliphatic rings. The molecule has 92 valence electrons. The second kappa shape index (κ2) is 3.65. The highest BCUT2D eigenvalue weighted by Crippen LogP contribution is 2.47. The van der Waals surface area contributed by atoms with E-state index < -0.39 is 32.8 Å². The molecular formula is C4H2ClF7O2S. The smallest absolute Gasteiger partial charge is 0.212 e. The largest absolute Gasteiger partial charge is 0.459 e. The second-order valence-electron chi connectivity index (χ2n) is 2.46. The van der Waals surface area contributed by atoms with E-state index in [-0.39, 0.29) is 0 Å². The summed E-state index contributed by atoms with van der Waals surface area (Å²) in [5.74, 6) is -15.1. The molecule has 0 aromatic rings. The van der Waals surface area contributed by atoms with Crippen LogP contribution in [0.2, 0.25) is 0 Å². The van der Waals surface area contributed by atoms with Gasteiger partial charge < -0.3 is 0 Å². The van der Waals surface area contributed by atoms with Gasteiger partial charge in [0, 0.05) is 10.7 Å². The Hall–Kier alpha value is -0.250. The first-order valence-corrected chi connectivity index (χ1v) is 5.43. The summed E-state index contributed by atoms with van der Waals surface area (Å²) in [6.45, 7) is 0. The van der Waals surface area contributed by atoms with Crippen molar-refractivity contribution >= 4 is 19.7 Å². The van der Waals surface area contributed by atoms with Gasteiger partial charge in [0.15, 0.2) is 0 Å². The van der Waals surface area contributed by atoms with Crippen LogP contribution in [0.15, 0.2) is 0 Å². The van der Waals surface area contributed by atoms with Crippen molar-refractivity contribution in [3.8, 4) is 0 Å². The molecule has 11 heteroatoms. The summed E-state index contributed by atoms with van der Waals surface area (Å²) in [7, 11) is -1.02. The molecule has 0 aromatic heterocycles. The van der Waals surface area contributed by atoms with E-state index in [1.165, 1.54) is 0 Å². The molecular weight excluding hydrogens is 281 g/mol. The second-order valence-corrected chi connectivity index (χ2v) is 5.24. The zero-order chi connectivity index (χ0) is 12.7. The van der Waals surface area contributed by atoms with Gasteiger partial charge in [0.1, 0.15) is 5.75 Å². The molecule has 0 N–H and O–H groups in total. The minimum Gasteiger partial charge on any atom is -0.212 e. The number of hydrogen-bond donors (Lipinski definition) is 0. The lowest BCUT2D eigenvalue weighted by atomic mass is 10.2. The maximum Gasteiger partial charge on any atom is 0.459 e. The van der Waals surface area contributed by atoms with Crippen LogP contribution in [0.25, 0.3) is 0 Å². The molecule has 0 saturated heterocycles. The van der Waals surface area contributed by atoms with Gasteiger partial charge in [-0.2, -0.15) is 30.7 Å². The van der Waals surface area contributed by atoms with Crippen LogP contribution in [0.4, 0.5) is 30.7 Å². The van der Waals surface area contributed by atoms with Crippen LogP contribution < -0.4 is 0 Å². The molecule has 0 spiro atoms. The molecule has 0 amide bonds. The Morgan fingerprint density at radius 1 is 0.933 bits per heavy atom. The molecule has 0 atom stereocenters. The zero-order valence-corrected chi connectivity index (χ0v) is 8.03. The van der Waals surface area contributed by atoms with Crippen LogP contribution >= 0.6 is 10.7 Å². The van der Waals surface area contributed by atoms with Crippen molar-refractivity contribution in [2.45, 2.75) is 18.0 Å². The SMILES string of the molecule is O=S(=O)(Cl)CC(F)(F)C(F)(F)C(F)(F)F. The van der Waals surface area contributed by atoms with E-state index in [9.17, 15) is 39.2 Å². The highest BCUT2D eigenvalue weighted by atomic mass is 35.7. The summed E-state index contributed by atoms with van der Waals surface area (Å²) in [6.07, 6.45) is -6.56. The average molecular weight is 283 g/mol. The third kappa shape index (κ3) is 3.37. The number of alkyl halides is 7. The predicted molar refractivity (Wildman–Crippen MR) is 35.6 cm³/mol. The molecule has 0 bridgehead atoms. The van der Waals surface area contributed by atoms with E-state index in [4.69, 9.17) is 0 Å². The quantitative estimate of drug-likeness (QED) is 0.588. The maximum atomic E-state index is 12.3. The van der Waals surface area contributed by atoms with E-state index in [0.717, 1.165) is 0 Å². The highest BCUT2D eigenvalue weighted by Gasteiger charge is 2.73. The molecule has 0 aliphatic heterocycles. The molecule has 0 heterocycles. The minimum atomic E-state index is -6.56. The van der Waals surface area contributed by atoms with Crippen LogP contribution in [-0.4, -0.2) is 32.2 Å². The first-order chi connectivity index (χ1) is 6.21. The van der Waals surface area contributed by atoms with E-state index in [0.29, 0.717) is 0 Å². The van der Waals surface area contributed by atoms with Crippen LogP contribution in [0.5, 0.6) is 0 Å². The van der Waals surface area contributed by atoms with Gasteiger partial charge in [-0.25, -0.2) is 8.42 Å². The van der Waals surface area contributed by atoms with Crippen LogP contribution in [0.1, 0.15) is 0 Å². The van der Waals surface area contributed by atoms with Gasteiger partial charge in [0.05, 0.1) is 0 Å². The highest BCUT2D eigenvalue weighted by molar-refractivity contribution is 8.13. The first-order valence-electron chi connectivity index (χ1n) is 2.95. The summed E-state index contributed by atoms with van der Waals surface area (Å²) in [4.78, 5) is 0. The summed E-state index contributed by atoms with van der Waals surface area (Å²) in [5, 5.41) is 0. The molecule has 2 nitrogen and oxygen atoms in total. The molecule has 0 radical (unpaired) electrons. The predicted octanol–water partition coefficient (Wildman–Crippen LogP) is 2.39. The molecule has 0 rings (SSSR count). The minimum absolute atomic E-state index is 2.80. The molecule has 0 fully saturated rings. The van der Waals surface area contributed by atoms with Gasteiger partial charge in [-0.1, -0.05) is 0 Å². The average Bonchev–Trinajstić information content (AvgIpc) is 1.77. The third-order valence-electron chi connectivity index (χ3n) is 1.17. The van der Waals surface area contributed by atoms with E-state index in [2.05, 4.69) is 10.7 Å². The normalized spacial score (nSPS) is 15.5. The van der Waals surface area contributed by atoms with Gasteiger partial charge in [-0.15, -0.1) is 0 Å². The Morgan fingerprint density at radius 2 is 1.27 bits per heavy atom. The van der Waals surface area contributed by atoms with Crippen LogP contribution in [0.3, 0.4) is 0 Å². The van der Waals surface area contributed by atoms with E-state index >= 15 is 0 Å². The van der Waals surface area contributed by atoms with Crippen molar-refractivity contribution in [3.05, 3.63) is 0 Å². The summed E-state index contributed by atoms with van der Waals surface area (Å²) in [6, 6.07) is 0. The van der Waals surface area contributed by atoms with Crippen molar-refractivity contribution < 1.29 is 39.2 Å². The van der Waals surface area contributed by atoms with Crippen LogP contribution in [0, 0.1) is 0 Å². The monoisotopic (exact) mass is 282 g/mol. The fraction of sp³-hybridized carbons (Fsp3) is 1.00. The van der Waals surface area contributed by atoms with E-state index in [1.54, 1.807) is 0 Å². The molecule has 0 aliphatic carbocycles. The van der Waals surface area contributed by atoms with Gasteiger partial charge >= 0.3 is 18.0 Å². The lowest BCUT2D eigenvalue weighted by Gasteiger charge is -2.26. The third-order valence-corrected chi connectivity index (χ3v) is 2.20. The molecule has 0 aromatic carbocycles. The number of hydrogen-bond acceptors (Lipinski definition) is 2. The fourth-order valence-corrected chi connectivity index (χ4v) is 1.54. The number of halogens is 8. The topological polar surface area (TPSA) is 34.1 Å². The lowest BCUT2D eigenvalue weighted by Crippen LogP contribution is -2.54. The Morgan fingerprint density at radius 3 is 1.47 bits per heavy atom. The fourth-order valence-electron chi connectivity index (χ4n) is 0.515. The van der Waals surface area contributed by atoms with Gasteiger partial charge in [0.25, 0.3) is 0 Å². The molecule has 15 heavy (non-hydrogen) atoms. The zero-order valence-electron chi connectivity index (χ0n) is 6.46. The summed E-state index contributed by atoms with van der Waals surface area (Å²) >= 11 is 0. The van der Waals surface area contributed by atoms with Crippen molar-refractivity contribution in [2.75, 3.05) is 5.75 Å². The van der Waals surface area contributed by atoms with Gasteiger partial charge in [-0.05, 0) is 0 Å². The van der Waals surface area contributed by atoms with Crippen molar-refractivity contribution in [1.82, 2.24) is 0 Å². The summed E-state index contributed by atoms with van der Waals surface area (Å²) in [5.41, 5.74) is 0. The maximum absolute atomic E-state index is 12.3. The lowest BCUT2D eigenvalue weighted by molar-refractivity contribution is -0.348. The molecule has 0 saturated carbocycles. The van der Waals surface area contributed by atoms with Crippen LogP contribution in [-0.2, 0) is 9.05 Å². The van der Waals surface area contributed by atoms with Gasteiger partial charge in [-0.3, -0.25) is 0 Å². The Bertz CT molecular complexity index is 331. The molecule has 0 unspecified atom stereocenters. The Kier molecular flexibility index (Phi) is 3.59. The standard InChI is InChI=1S/C4H2ClF7O2S/c5-15(13,14)1-2(6,7)3(8,9)4(10,11)12/h1H2. The van der Waals surface area contributed by atoms with Gasteiger partial charge in [0.2, 0.25) is 9.05 Å². The summed E-state index contributed by atoms with van der Waals surface area (Å²) < 4.78 is 103. The Labute approximate surface area is 83.4 Å².